The van der Waals surface area contributed by atoms with Gasteiger partial charge in [0, 0.05) is 18.7 Å². The highest BCUT2D eigenvalue weighted by molar-refractivity contribution is 7.99. The van der Waals surface area contributed by atoms with E-state index in [2.05, 4.69) is 31.3 Å². The molecule has 0 aromatic heterocycles. The Balaban J connectivity index is 2.25. The number of hydrogen-bond acceptors (Lipinski definition) is 3. The summed E-state index contributed by atoms with van der Waals surface area (Å²) in [6.45, 7) is 4.79. The number of hydrogen-bond donors (Lipinski definition) is 2. The van der Waals surface area contributed by atoms with Crippen LogP contribution in [0.5, 0.6) is 0 Å². The van der Waals surface area contributed by atoms with E-state index in [4.69, 9.17) is 5.11 Å². The summed E-state index contributed by atoms with van der Waals surface area (Å²) >= 11 is 1.31. The van der Waals surface area contributed by atoms with Crippen molar-refractivity contribution in [2.24, 2.45) is 0 Å². The molecule has 0 saturated heterocycles. The Morgan fingerprint density at radius 2 is 1.90 bits per heavy atom. The number of carbonyl (C=O) groups is 2. The van der Waals surface area contributed by atoms with E-state index in [1.54, 1.807) is 0 Å². The summed E-state index contributed by atoms with van der Waals surface area (Å²) in [5, 5.41) is 11.3. The number of thioether (sulfide) groups is 1. The first kappa shape index (κ1) is 17.6. The highest BCUT2D eigenvalue weighted by Crippen LogP contribution is 2.27. The molecule has 0 bridgehead atoms. The second kappa shape index (κ2) is 8.72. The number of amides is 1. The Kier molecular flexibility index (Phi) is 7.29. The van der Waals surface area contributed by atoms with Crippen LogP contribution in [0, 0.1) is 0 Å². The fourth-order valence-electron chi connectivity index (χ4n) is 1.97. The highest BCUT2D eigenvalue weighted by Gasteiger charge is 2.21. The fourth-order valence-corrected chi connectivity index (χ4v) is 2.54. The number of benzene rings is 1. The van der Waals surface area contributed by atoms with Crippen molar-refractivity contribution in [3.8, 4) is 0 Å². The molecule has 0 saturated carbocycles. The van der Waals surface area contributed by atoms with Crippen LogP contribution in [0.1, 0.15) is 32.3 Å². The molecule has 0 fully saturated rings. The van der Waals surface area contributed by atoms with Crippen LogP contribution in [-0.2, 0) is 15.0 Å². The molecule has 4 nitrogen and oxygen atoms in total. The maximum absolute atomic E-state index is 11.8. The Hall–Kier alpha value is -1.49. The van der Waals surface area contributed by atoms with E-state index >= 15 is 0 Å². The van der Waals surface area contributed by atoms with E-state index < -0.39 is 5.97 Å². The largest absolute Gasteiger partial charge is 0.481 e. The van der Waals surface area contributed by atoms with Crippen LogP contribution in [0.25, 0.3) is 0 Å². The van der Waals surface area contributed by atoms with Crippen molar-refractivity contribution < 1.29 is 14.7 Å². The van der Waals surface area contributed by atoms with Crippen LogP contribution in [0.3, 0.4) is 0 Å². The van der Waals surface area contributed by atoms with Crippen LogP contribution in [-0.4, -0.2) is 35.0 Å². The van der Waals surface area contributed by atoms with Crippen molar-refractivity contribution in [1.82, 2.24) is 5.32 Å². The average molecular weight is 309 g/mol. The first-order valence-electron chi connectivity index (χ1n) is 7.03. The molecule has 0 radical (unpaired) electrons. The Labute approximate surface area is 130 Å². The van der Waals surface area contributed by atoms with Gasteiger partial charge in [-0.05, 0) is 17.4 Å². The summed E-state index contributed by atoms with van der Waals surface area (Å²) in [5.74, 6) is -0.0947. The highest BCUT2D eigenvalue weighted by atomic mass is 32.2. The van der Waals surface area contributed by atoms with Crippen LogP contribution in [0.4, 0.5) is 0 Å². The molecule has 0 aliphatic carbocycles. The van der Waals surface area contributed by atoms with Gasteiger partial charge in [-0.1, -0.05) is 44.2 Å². The number of nitrogens with one attached hydrogen (secondary N) is 1. The predicted molar refractivity (Wildman–Crippen MR) is 86.7 cm³/mol. The summed E-state index contributed by atoms with van der Waals surface area (Å²) in [5.41, 5.74) is 1.20. The van der Waals surface area contributed by atoms with Crippen molar-refractivity contribution in [2.45, 2.75) is 32.1 Å². The lowest BCUT2D eigenvalue weighted by Crippen LogP contribution is -2.28. The molecule has 2 N–H and O–H groups in total. The van der Waals surface area contributed by atoms with Gasteiger partial charge in [0.05, 0.1) is 5.75 Å². The third-order valence-electron chi connectivity index (χ3n) is 3.33. The molecule has 1 aromatic rings. The smallest absolute Gasteiger partial charge is 0.313 e. The predicted octanol–water partition coefficient (Wildman–Crippen LogP) is 2.68. The van der Waals surface area contributed by atoms with Gasteiger partial charge >= 0.3 is 5.97 Å². The summed E-state index contributed by atoms with van der Waals surface area (Å²) in [4.78, 5) is 22.1. The standard InChI is InChI=1S/C16H23NO3S/c1-16(2,13-6-4-3-5-7-13)9-8-14(18)17-10-11-21-12-15(19)20/h3-7H,8-12H2,1-2H3,(H,17,18)(H,19,20). The Bertz CT molecular complexity index is 460. The molecule has 0 atom stereocenters. The van der Waals surface area contributed by atoms with E-state index in [9.17, 15) is 9.59 Å². The molecule has 0 spiro atoms. The quantitative estimate of drug-likeness (QED) is 0.688. The summed E-state index contributed by atoms with van der Waals surface area (Å²) in [7, 11) is 0. The summed E-state index contributed by atoms with van der Waals surface area (Å²) < 4.78 is 0. The van der Waals surface area contributed by atoms with Crippen molar-refractivity contribution in [3.05, 3.63) is 35.9 Å². The number of aliphatic carboxylic acids is 1. The first-order chi connectivity index (χ1) is 9.92. The molecule has 1 aromatic carbocycles. The van der Waals surface area contributed by atoms with E-state index in [-0.39, 0.29) is 17.1 Å². The van der Waals surface area contributed by atoms with Crippen molar-refractivity contribution in [2.75, 3.05) is 18.1 Å². The SMILES string of the molecule is CC(C)(CCC(=O)NCCSCC(=O)O)c1ccccc1. The number of carboxylic acids is 1. The first-order valence-corrected chi connectivity index (χ1v) is 8.19. The fraction of sp³-hybridized carbons (Fsp3) is 0.500. The van der Waals surface area contributed by atoms with Gasteiger partial charge in [0.25, 0.3) is 0 Å². The van der Waals surface area contributed by atoms with Gasteiger partial charge in [0.1, 0.15) is 0 Å². The molecule has 116 valence electrons. The molecule has 0 unspecified atom stereocenters. The third-order valence-corrected chi connectivity index (χ3v) is 4.27. The molecule has 5 heteroatoms. The molecule has 0 heterocycles. The van der Waals surface area contributed by atoms with E-state index in [0.29, 0.717) is 18.7 Å². The van der Waals surface area contributed by atoms with E-state index in [0.717, 1.165) is 6.42 Å². The average Bonchev–Trinajstić information content (AvgIpc) is 2.45. The van der Waals surface area contributed by atoms with Crippen molar-refractivity contribution >= 4 is 23.6 Å². The van der Waals surface area contributed by atoms with E-state index in [1.807, 2.05) is 18.2 Å². The van der Waals surface area contributed by atoms with Crippen molar-refractivity contribution in [3.63, 3.8) is 0 Å². The van der Waals surface area contributed by atoms with Crippen LogP contribution in [0.15, 0.2) is 30.3 Å². The monoisotopic (exact) mass is 309 g/mol. The van der Waals surface area contributed by atoms with Crippen LogP contribution in [0.2, 0.25) is 0 Å². The van der Waals surface area contributed by atoms with Crippen LogP contribution >= 0.6 is 11.8 Å². The number of carboxylic acid groups (broad SMARTS) is 1. The van der Waals surface area contributed by atoms with Gasteiger partial charge in [-0.3, -0.25) is 9.59 Å². The van der Waals surface area contributed by atoms with Crippen molar-refractivity contribution in [1.29, 1.82) is 0 Å². The summed E-state index contributed by atoms with van der Waals surface area (Å²) in [6.07, 6.45) is 1.26. The zero-order valence-corrected chi connectivity index (χ0v) is 13.4. The number of rotatable bonds is 9. The zero-order chi connectivity index (χ0) is 15.7. The lowest BCUT2D eigenvalue weighted by molar-refractivity contribution is -0.133. The van der Waals surface area contributed by atoms with Gasteiger partial charge in [-0.25, -0.2) is 0 Å². The Morgan fingerprint density at radius 3 is 2.52 bits per heavy atom. The second-order valence-electron chi connectivity index (χ2n) is 5.55. The molecular weight excluding hydrogens is 286 g/mol. The van der Waals surface area contributed by atoms with Gasteiger partial charge in [-0.2, -0.15) is 0 Å². The summed E-state index contributed by atoms with van der Waals surface area (Å²) in [6, 6.07) is 10.2. The van der Waals surface area contributed by atoms with Gasteiger partial charge < -0.3 is 10.4 Å². The zero-order valence-electron chi connectivity index (χ0n) is 12.6. The van der Waals surface area contributed by atoms with E-state index in [1.165, 1.54) is 17.3 Å². The lowest BCUT2D eigenvalue weighted by atomic mass is 9.80. The van der Waals surface area contributed by atoms with Gasteiger partial charge in [0.2, 0.25) is 5.91 Å². The maximum atomic E-state index is 11.8. The van der Waals surface area contributed by atoms with Gasteiger partial charge in [-0.15, -0.1) is 11.8 Å². The molecular formula is C16H23NO3S. The number of carbonyl (C=O) groups excluding carboxylic acids is 1. The normalized spacial score (nSPS) is 11.1. The van der Waals surface area contributed by atoms with Crippen LogP contribution < -0.4 is 5.32 Å². The molecule has 1 amide bonds. The minimum atomic E-state index is -0.823. The minimum absolute atomic E-state index is 0.0231. The third kappa shape index (κ3) is 7.18. The molecule has 0 aliphatic heterocycles. The van der Waals surface area contributed by atoms with Gasteiger partial charge in [0.15, 0.2) is 0 Å². The maximum Gasteiger partial charge on any atom is 0.313 e. The topological polar surface area (TPSA) is 66.4 Å². The molecule has 21 heavy (non-hydrogen) atoms. The second-order valence-corrected chi connectivity index (χ2v) is 6.65. The molecule has 1 rings (SSSR count). The Morgan fingerprint density at radius 1 is 1.24 bits per heavy atom. The lowest BCUT2D eigenvalue weighted by Gasteiger charge is -2.25. The minimum Gasteiger partial charge on any atom is -0.481 e. The molecule has 0 aliphatic rings.